The number of hydrogen-bond acceptors (Lipinski definition) is 6. The number of rotatable bonds is 8. The van der Waals surface area contributed by atoms with Crippen molar-refractivity contribution in [1.82, 2.24) is 14.7 Å². The number of nitrogens with one attached hydrogen (secondary N) is 1. The second kappa shape index (κ2) is 8.88. The maximum Gasteiger partial charge on any atom is 0.230 e. The summed E-state index contributed by atoms with van der Waals surface area (Å²) in [5, 5.41) is 2.98. The second-order valence-corrected chi connectivity index (χ2v) is 7.13. The molecular formula is C16H21N3O2S2. The first kappa shape index (κ1) is 17.7. The Morgan fingerprint density at radius 3 is 2.78 bits per heavy atom. The standard InChI is InChI=1S/C16H21N3O2S2/c1-4-5-11(2)17-14(20)10-22-16-18-15(19-23-16)12-6-8-13(21-3)9-7-12/h6-9,11H,4-5,10H2,1-3H3,(H,17,20). The first-order valence-electron chi connectivity index (χ1n) is 7.52. The van der Waals surface area contributed by atoms with E-state index in [2.05, 4.69) is 21.6 Å². The van der Waals surface area contributed by atoms with Crippen molar-refractivity contribution < 1.29 is 9.53 Å². The van der Waals surface area contributed by atoms with Crippen molar-refractivity contribution in [1.29, 1.82) is 0 Å². The fourth-order valence-electron chi connectivity index (χ4n) is 2.07. The Kier molecular flexibility index (Phi) is 6.85. The maximum atomic E-state index is 11.9. The summed E-state index contributed by atoms with van der Waals surface area (Å²) in [6.07, 6.45) is 2.06. The van der Waals surface area contributed by atoms with Gasteiger partial charge in [0.25, 0.3) is 0 Å². The Morgan fingerprint density at radius 1 is 1.39 bits per heavy atom. The average Bonchev–Trinajstić information content (AvgIpc) is 3.02. The van der Waals surface area contributed by atoms with Gasteiger partial charge in [-0.2, -0.15) is 4.37 Å². The highest BCUT2D eigenvalue weighted by molar-refractivity contribution is 8.01. The van der Waals surface area contributed by atoms with Crippen LogP contribution in [0.1, 0.15) is 26.7 Å². The molecule has 5 nitrogen and oxygen atoms in total. The van der Waals surface area contributed by atoms with E-state index in [1.54, 1.807) is 7.11 Å². The Morgan fingerprint density at radius 2 is 2.13 bits per heavy atom. The molecule has 7 heteroatoms. The molecular weight excluding hydrogens is 330 g/mol. The molecule has 1 unspecified atom stereocenters. The van der Waals surface area contributed by atoms with Gasteiger partial charge in [-0.15, -0.1) is 0 Å². The lowest BCUT2D eigenvalue weighted by Crippen LogP contribution is -2.33. The minimum absolute atomic E-state index is 0.0390. The van der Waals surface area contributed by atoms with Gasteiger partial charge in [0.1, 0.15) is 5.75 Å². The van der Waals surface area contributed by atoms with Crippen LogP contribution >= 0.6 is 23.3 Å². The van der Waals surface area contributed by atoms with Crippen molar-refractivity contribution in [3.05, 3.63) is 24.3 Å². The number of aromatic nitrogens is 2. The van der Waals surface area contributed by atoms with E-state index in [4.69, 9.17) is 4.74 Å². The van der Waals surface area contributed by atoms with E-state index in [0.29, 0.717) is 11.6 Å². The van der Waals surface area contributed by atoms with Gasteiger partial charge in [-0.3, -0.25) is 4.79 Å². The van der Waals surface area contributed by atoms with E-state index in [1.165, 1.54) is 23.3 Å². The zero-order chi connectivity index (χ0) is 16.7. The number of amides is 1. The second-order valence-electron chi connectivity index (χ2n) is 5.16. The van der Waals surface area contributed by atoms with Gasteiger partial charge in [0.15, 0.2) is 10.2 Å². The predicted octanol–water partition coefficient (Wildman–Crippen LogP) is 3.61. The van der Waals surface area contributed by atoms with Crippen LogP contribution in [-0.4, -0.2) is 34.2 Å². The van der Waals surface area contributed by atoms with Gasteiger partial charge >= 0.3 is 0 Å². The minimum Gasteiger partial charge on any atom is -0.497 e. The molecule has 0 aliphatic heterocycles. The van der Waals surface area contributed by atoms with Crippen LogP contribution in [0.25, 0.3) is 11.4 Å². The molecule has 23 heavy (non-hydrogen) atoms. The molecule has 0 spiro atoms. The summed E-state index contributed by atoms with van der Waals surface area (Å²) in [6, 6.07) is 7.83. The number of nitrogens with zero attached hydrogens (tertiary/aromatic N) is 2. The monoisotopic (exact) mass is 351 g/mol. The van der Waals surface area contributed by atoms with Gasteiger partial charge in [-0.1, -0.05) is 25.1 Å². The molecule has 124 valence electrons. The third-order valence-electron chi connectivity index (χ3n) is 3.21. The highest BCUT2D eigenvalue weighted by atomic mass is 32.2. The smallest absolute Gasteiger partial charge is 0.230 e. The number of hydrogen-bond donors (Lipinski definition) is 1. The van der Waals surface area contributed by atoms with Crippen LogP contribution in [-0.2, 0) is 4.79 Å². The highest BCUT2D eigenvalue weighted by Crippen LogP contribution is 2.26. The zero-order valence-corrected chi connectivity index (χ0v) is 15.2. The Balaban J connectivity index is 1.88. The lowest BCUT2D eigenvalue weighted by atomic mass is 10.2. The molecule has 0 aliphatic rings. The SMILES string of the molecule is CCCC(C)NC(=O)CSc1nc(-c2ccc(OC)cc2)ns1. The largest absolute Gasteiger partial charge is 0.497 e. The van der Waals surface area contributed by atoms with Crippen LogP contribution in [0.3, 0.4) is 0 Å². The van der Waals surface area contributed by atoms with Gasteiger partial charge in [0, 0.05) is 11.6 Å². The summed E-state index contributed by atoms with van der Waals surface area (Å²) >= 11 is 2.74. The molecule has 1 aromatic heterocycles. The quantitative estimate of drug-likeness (QED) is 0.736. The number of methoxy groups -OCH3 is 1. The van der Waals surface area contributed by atoms with Crippen LogP contribution in [0.2, 0.25) is 0 Å². The lowest BCUT2D eigenvalue weighted by molar-refractivity contribution is -0.119. The fourth-order valence-corrected chi connectivity index (χ4v) is 3.50. The molecule has 0 bridgehead atoms. The number of benzene rings is 1. The summed E-state index contributed by atoms with van der Waals surface area (Å²) < 4.78 is 10.3. The Bertz CT molecular complexity index is 629. The van der Waals surface area contributed by atoms with Crippen molar-refractivity contribution >= 4 is 29.2 Å². The van der Waals surface area contributed by atoms with Crippen molar-refractivity contribution in [3.63, 3.8) is 0 Å². The summed E-state index contributed by atoms with van der Waals surface area (Å²) in [7, 11) is 1.64. The van der Waals surface area contributed by atoms with Crippen LogP contribution in [0.5, 0.6) is 5.75 Å². The summed E-state index contributed by atoms with van der Waals surface area (Å²) in [5.74, 6) is 1.89. The van der Waals surface area contributed by atoms with E-state index >= 15 is 0 Å². The number of ether oxygens (including phenoxy) is 1. The molecule has 0 aliphatic carbocycles. The average molecular weight is 351 g/mol. The van der Waals surface area contributed by atoms with Crippen molar-refractivity contribution in [2.75, 3.05) is 12.9 Å². The van der Waals surface area contributed by atoms with Crippen molar-refractivity contribution in [2.45, 2.75) is 37.1 Å². The summed E-state index contributed by atoms with van der Waals surface area (Å²) in [4.78, 5) is 16.3. The van der Waals surface area contributed by atoms with Crippen LogP contribution < -0.4 is 10.1 Å². The Hall–Kier alpha value is -1.60. The summed E-state index contributed by atoms with van der Waals surface area (Å²) in [6.45, 7) is 4.14. The summed E-state index contributed by atoms with van der Waals surface area (Å²) in [5.41, 5.74) is 0.940. The fraction of sp³-hybridized carbons (Fsp3) is 0.438. The van der Waals surface area contributed by atoms with E-state index in [9.17, 15) is 4.79 Å². The van der Waals surface area contributed by atoms with Gasteiger partial charge in [0.05, 0.1) is 12.9 Å². The molecule has 1 aromatic carbocycles. The molecule has 1 amide bonds. The van der Waals surface area contributed by atoms with Gasteiger partial charge in [0.2, 0.25) is 5.91 Å². The molecule has 0 saturated carbocycles. The van der Waals surface area contributed by atoms with E-state index < -0.39 is 0 Å². The van der Waals surface area contributed by atoms with Gasteiger partial charge in [-0.25, -0.2) is 4.98 Å². The number of thioether (sulfide) groups is 1. The maximum absolute atomic E-state index is 11.9. The molecule has 0 fully saturated rings. The van der Waals surface area contributed by atoms with Gasteiger partial charge in [-0.05, 0) is 49.1 Å². The Labute approximate surface area is 145 Å². The molecule has 2 aromatic rings. The van der Waals surface area contributed by atoms with Crippen LogP contribution in [0.4, 0.5) is 0 Å². The third kappa shape index (κ3) is 5.51. The predicted molar refractivity (Wildman–Crippen MR) is 95.1 cm³/mol. The number of carbonyl (C=O) groups excluding carboxylic acids is 1. The van der Waals surface area contributed by atoms with E-state index in [-0.39, 0.29) is 11.9 Å². The molecule has 1 heterocycles. The first-order chi connectivity index (χ1) is 11.1. The van der Waals surface area contributed by atoms with Crippen molar-refractivity contribution in [3.8, 4) is 17.1 Å². The molecule has 1 atom stereocenters. The minimum atomic E-state index is 0.0390. The lowest BCUT2D eigenvalue weighted by Gasteiger charge is -2.11. The molecule has 0 radical (unpaired) electrons. The van der Waals surface area contributed by atoms with Crippen LogP contribution in [0, 0.1) is 0 Å². The van der Waals surface area contributed by atoms with Crippen molar-refractivity contribution in [2.24, 2.45) is 0 Å². The highest BCUT2D eigenvalue weighted by Gasteiger charge is 2.11. The van der Waals surface area contributed by atoms with E-state index in [1.807, 2.05) is 31.2 Å². The zero-order valence-electron chi connectivity index (χ0n) is 13.5. The first-order valence-corrected chi connectivity index (χ1v) is 9.28. The molecule has 0 saturated heterocycles. The number of carbonyl (C=O) groups is 1. The van der Waals surface area contributed by atoms with Crippen LogP contribution in [0.15, 0.2) is 28.6 Å². The van der Waals surface area contributed by atoms with E-state index in [0.717, 1.165) is 28.5 Å². The third-order valence-corrected chi connectivity index (χ3v) is 5.05. The molecule has 1 N–H and O–H groups in total. The van der Waals surface area contributed by atoms with Gasteiger partial charge < -0.3 is 10.1 Å². The normalized spacial score (nSPS) is 12.0. The molecule has 2 rings (SSSR count). The topological polar surface area (TPSA) is 64.1 Å².